The Morgan fingerprint density at radius 3 is 2.71 bits per heavy atom. The highest BCUT2D eigenvalue weighted by Crippen LogP contribution is 2.29. The molecule has 0 radical (unpaired) electrons. The van der Waals surface area contributed by atoms with Crippen LogP contribution in [0.3, 0.4) is 0 Å². The van der Waals surface area contributed by atoms with Crippen LogP contribution in [0.5, 0.6) is 0 Å². The summed E-state index contributed by atoms with van der Waals surface area (Å²) in [5, 5.41) is 0.850. The maximum absolute atomic E-state index is 12.6. The van der Waals surface area contributed by atoms with Crippen molar-refractivity contribution in [3.05, 3.63) is 20.8 Å². The first-order valence-electron chi connectivity index (χ1n) is 6.65. The summed E-state index contributed by atoms with van der Waals surface area (Å²) in [6.07, 6.45) is 0. The number of thioether (sulfide) groups is 1. The van der Waals surface area contributed by atoms with Gasteiger partial charge >= 0.3 is 5.97 Å². The fourth-order valence-electron chi connectivity index (χ4n) is 2.05. The normalized spacial score (nSPS) is 12.6. The fourth-order valence-corrected chi connectivity index (χ4v) is 4.12. The van der Waals surface area contributed by atoms with Crippen LogP contribution in [0.25, 0.3) is 10.2 Å². The molecule has 1 atom stereocenters. The Morgan fingerprint density at radius 1 is 1.48 bits per heavy atom. The van der Waals surface area contributed by atoms with E-state index < -0.39 is 5.25 Å². The number of hydrogen-bond donors (Lipinski definition) is 0. The molecule has 0 saturated heterocycles. The molecule has 1 unspecified atom stereocenters. The highest BCUT2D eigenvalue weighted by molar-refractivity contribution is 8.00. The summed E-state index contributed by atoms with van der Waals surface area (Å²) in [7, 11) is 1.36. The van der Waals surface area contributed by atoms with E-state index >= 15 is 0 Å². The topological polar surface area (TPSA) is 61.2 Å². The highest BCUT2D eigenvalue weighted by atomic mass is 32.2. The van der Waals surface area contributed by atoms with E-state index in [1.807, 2.05) is 20.8 Å². The Bertz CT molecular complexity index is 749. The van der Waals surface area contributed by atoms with Crippen LogP contribution in [0.2, 0.25) is 0 Å². The average molecular weight is 326 g/mol. The number of thiophene rings is 1. The molecule has 2 heterocycles. The fraction of sp³-hybridized carbons (Fsp3) is 0.500. The summed E-state index contributed by atoms with van der Waals surface area (Å²) in [5.74, 6) is -0.324. The first-order chi connectivity index (χ1) is 9.90. The molecule has 0 aliphatic heterocycles. The lowest BCUT2D eigenvalue weighted by Crippen LogP contribution is -2.24. The Morgan fingerprint density at radius 2 is 2.14 bits per heavy atom. The Hall–Kier alpha value is -1.34. The van der Waals surface area contributed by atoms with Crippen molar-refractivity contribution in [1.82, 2.24) is 9.55 Å². The number of fused-ring (bicyclic) bond motifs is 1. The predicted molar refractivity (Wildman–Crippen MR) is 86.4 cm³/mol. The van der Waals surface area contributed by atoms with E-state index in [0.29, 0.717) is 17.1 Å². The third kappa shape index (κ3) is 2.85. The Balaban J connectivity index is 2.59. The van der Waals surface area contributed by atoms with Gasteiger partial charge in [-0.25, -0.2) is 4.98 Å². The maximum Gasteiger partial charge on any atom is 0.318 e. The zero-order chi connectivity index (χ0) is 15.7. The summed E-state index contributed by atoms with van der Waals surface area (Å²) < 4.78 is 6.34. The molecule has 0 aliphatic rings. The molecule has 7 heteroatoms. The summed E-state index contributed by atoms with van der Waals surface area (Å²) in [6.45, 7) is 8.10. The van der Waals surface area contributed by atoms with Gasteiger partial charge in [-0.2, -0.15) is 0 Å². The van der Waals surface area contributed by atoms with Gasteiger partial charge in [0, 0.05) is 11.4 Å². The van der Waals surface area contributed by atoms with Gasteiger partial charge in [-0.05, 0) is 33.3 Å². The number of hydrogen-bond acceptors (Lipinski definition) is 6. The second-order valence-electron chi connectivity index (χ2n) is 4.69. The van der Waals surface area contributed by atoms with Gasteiger partial charge in [0.25, 0.3) is 5.56 Å². The zero-order valence-corrected chi connectivity index (χ0v) is 14.4. The smallest absolute Gasteiger partial charge is 0.318 e. The quantitative estimate of drug-likeness (QED) is 0.491. The largest absolute Gasteiger partial charge is 0.468 e. The van der Waals surface area contributed by atoms with E-state index in [2.05, 4.69) is 4.98 Å². The van der Waals surface area contributed by atoms with Crippen LogP contribution in [-0.4, -0.2) is 27.9 Å². The Kier molecular flexibility index (Phi) is 4.73. The van der Waals surface area contributed by atoms with Gasteiger partial charge in [0.1, 0.15) is 10.1 Å². The molecule has 2 aromatic rings. The van der Waals surface area contributed by atoms with Crippen LogP contribution in [-0.2, 0) is 16.1 Å². The third-order valence-electron chi connectivity index (χ3n) is 3.39. The monoisotopic (exact) mass is 326 g/mol. The van der Waals surface area contributed by atoms with Crippen molar-refractivity contribution in [3.8, 4) is 0 Å². The highest BCUT2D eigenvalue weighted by Gasteiger charge is 2.21. The number of ether oxygens (including phenoxy) is 1. The van der Waals surface area contributed by atoms with Crippen LogP contribution >= 0.6 is 23.1 Å². The standard InChI is InChI=1S/C14H18N2O3S2/c1-6-16-12(17)10-7(2)8(3)20-11(10)15-14(16)21-9(4)13(18)19-5/h9H,6H2,1-5H3. The molecule has 0 amide bonds. The van der Waals surface area contributed by atoms with Crippen LogP contribution in [0.15, 0.2) is 9.95 Å². The van der Waals surface area contributed by atoms with Gasteiger partial charge in [-0.15, -0.1) is 11.3 Å². The van der Waals surface area contributed by atoms with E-state index in [1.165, 1.54) is 30.2 Å². The summed E-state index contributed by atoms with van der Waals surface area (Å²) in [4.78, 5) is 30.6. The molecule has 0 bridgehead atoms. The molecule has 114 valence electrons. The van der Waals surface area contributed by atoms with Gasteiger partial charge < -0.3 is 4.74 Å². The van der Waals surface area contributed by atoms with Gasteiger partial charge in [-0.3, -0.25) is 14.2 Å². The molecule has 0 fully saturated rings. The predicted octanol–water partition coefficient (Wildman–Crippen LogP) is 2.75. The Labute approximate surface area is 131 Å². The number of esters is 1. The number of carbonyl (C=O) groups is 1. The van der Waals surface area contributed by atoms with E-state index in [4.69, 9.17) is 4.74 Å². The van der Waals surface area contributed by atoms with Gasteiger partial charge in [0.05, 0.1) is 12.5 Å². The molecule has 5 nitrogen and oxygen atoms in total. The van der Waals surface area contributed by atoms with Crippen molar-refractivity contribution >= 4 is 39.3 Å². The summed E-state index contributed by atoms with van der Waals surface area (Å²) in [6, 6.07) is 0. The number of carbonyl (C=O) groups excluding carboxylic acids is 1. The van der Waals surface area contributed by atoms with Crippen LogP contribution in [0.1, 0.15) is 24.3 Å². The molecular formula is C14H18N2O3S2. The second kappa shape index (κ2) is 6.19. The van der Waals surface area contributed by atoms with Crippen LogP contribution < -0.4 is 5.56 Å². The zero-order valence-electron chi connectivity index (χ0n) is 12.7. The van der Waals surface area contributed by atoms with Gasteiger partial charge in [0.2, 0.25) is 0 Å². The summed E-state index contributed by atoms with van der Waals surface area (Å²) in [5.41, 5.74) is 0.955. The van der Waals surface area contributed by atoms with E-state index in [-0.39, 0.29) is 11.5 Å². The maximum atomic E-state index is 12.6. The molecule has 2 rings (SSSR count). The third-order valence-corrected chi connectivity index (χ3v) is 5.55. The molecule has 0 spiro atoms. The number of aryl methyl sites for hydroxylation is 2. The summed E-state index contributed by atoms with van der Waals surface area (Å²) >= 11 is 2.77. The molecule has 21 heavy (non-hydrogen) atoms. The number of aromatic nitrogens is 2. The molecule has 2 aromatic heterocycles. The SMILES string of the molecule is CCn1c(SC(C)C(=O)OC)nc2sc(C)c(C)c2c1=O. The van der Waals surface area contributed by atoms with Crippen molar-refractivity contribution < 1.29 is 9.53 Å². The van der Waals surface area contributed by atoms with Crippen molar-refractivity contribution in [1.29, 1.82) is 0 Å². The van der Waals surface area contributed by atoms with E-state index in [0.717, 1.165) is 15.3 Å². The number of rotatable bonds is 4. The molecule has 0 aliphatic carbocycles. The lowest BCUT2D eigenvalue weighted by Gasteiger charge is -2.13. The number of methoxy groups -OCH3 is 1. The average Bonchev–Trinajstić information content (AvgIpc) is 2.73. The van der Waals surface area contributed by atoms with Gasteiger partial charge in [0.15, 0.2) is 5.16 Å². The van der Waals surface area contributed by atoms with Crippen molar-refractivity contribution in [2.75, 3.05) is 7.11 Å². The minimum atomic E-state index is -0.403. The molecule has 0 saturated carbocycles. The number of nitrogens with zero attached hydrogens (tertiary/aromatic N) is 2. The van der Waals surface area contributed by atoms with Crippen LogP contribution in [0.4, 0.5) is 0 Å². The first-order valence-corrected chi connectivity index (χ1v) is 8.35. The second-order valence-corrected chi connectivity index (χ2v) is 7.20. The van der Waals surface area contributed by atoms with Crippen molar-refractivity contribution in [3.63, 3.8) is 0 Å². The van der Waals surface area contributed by atoms with Crippen molar-refractivity contribution in [2.24, 2.45) is 0 Å². The molecular weight excluding hydrogens is 308 g/mol. The molecule has 0 aromatic carbocycles. The van der Waals surface area contributed by atoms with Gasteiger partial charge in [-0.1, -0.05) is 11.8 Å². The van der Waals surface area contributed by atoms with Crippen LogP contribution in [0, 0.1) is 13.8 Å². The minimum absolute atomic E-state index is 0.0380. The van der Waals surface area contributed by atoms with E-state index in [1.54, 1.807) is 11.5 Å². The van der Waals surface area contributed by atoms with Crippen molar-refractivity contribution in [2.45, 2.75) is 44.6 Å². The first kappa shape index (κ1) is 16.0. The molecule has 0 N–H and O–H groups in total. The minimum Gasteiger partial charge on any atom is -0.468 e. The lowest BCUT2D eigenvalue weighted by molar-refractivity contribution is -0.139. The lowest BCUT2D eigenvalue weighted by atomic mass is 10.2. The van der Waals surface area contributed by atoms with E-state index in [9.17, 15) is 9.59 Å².